The number of hydrogen-bond acceptors (Lipinski definition) is 5. The fraction of sp³-hybridized carbons (Fsp3) is 0.588. The second kappa shape index (κ2) is 10.6. The van der Waals surface area contributed by atoms with Crippen LogP contribution >= 0.6 is 24.2 Å². The van der Waals surface area contributed by atoms with Crippen LogP contribution in [-0.2, 0) is 9.59 Å². The van der Waals surface area contributed by atoms with E-state index in [0.717, 1.165) is 24.2 Å². The van der Waals surface area contributed by atoms with Crippen molar-refractivity contribution in [3.05, 3.63) is 23.9 Å². The number of piperidine rings is 1. The molecule has 1 aliphatic rings. The molecule has 0 bridgehead atoms. The summed E-state index contributed by atoms with van der Waals surface area (Å²) in [6.07, 6.45) is 5.98. The number of likely N-dealkylation sites (tertiary alicyclic amines) is 1. The van der Waals surface area contributed by atoms with Gasteiger partial charge in [-0.25, -0.2) is 4.98 Å². The van der Waals surface area contributed by atoms with Crippen LogP contribution in [-0.4, -0.2) is 52.8 Å². The van der Waals surface area contributed by atoms with E-state index >= 15 is 0 Å². The van der Waals surface area contributed by atoms with Crippen LogP contribution in [0.5, 0.6) is 0 Å². The number of amides is 2. The lowest BCUT2D eigenvalue weighted by atomic mass is 9.96. The number of rotatable bonds is 6. The first kappa shape index (κ1) is 21.7. The molecule has 25 heavy (non-hydrogen) atoms. The maximum Gasteiger partial charge on any atom is 0.239 e. The Morgan fingerprint density at radius 3 is 2.88 bits per heavy atom. The third-order valence-electron chi connectivity index (χ3n) is 4.22. The predicted molar refractivity (Wildman–Crippen MR) is 105 cm³/mol. The Morgan fingerprint density at radius 2 is 2.24 bits per heavy atom. The summed E-state index contributed by atoms with van der Waals surface area (Å²) in [5, 5.41) is 2.84. The first-order valence-electron chi connectivity index (χ1n) is 8.28. The van der Waals surface area contributed by atoms with E-state index < -0.39 is 6.04 Å². The summed E-state index contributed by atoms with van der Waals surface area (Å²) in [6, 6.07) is 3.22. The number of carbonyl (C=O) groups excluding carboxylic acids is 2. The van der Waals surface area contributed by atoms with Gasteiger partial charge in [0.15, 0.2) is 0 Å². The first-order chi connectivity index (χ1) is 11.5. The van der Waals surface area contributed by atoms with E-state index in [0.29, 0.717) is 25.3 Å². The zero-order valence-electron chi connectivity index (χ0n) is 14.7. The van der Waals surface area contributed by atoms with E-state index in [9.17, 15) is 9.59 Å². The predicted octanol–water partition coefficient (Wildman–Crippen LogP) is 2.07. The summed E-state index contributed by atoms with van der Waals surface area (Å²) in [7, 11) is 0. The summed E-state index contributed by atoms with van der Waals surface area (Å²) in [5.41, 5.74) is 7.02. The van der Waals surface area contributed by atoms with E-state index in [4.69, 9.17) is 5.73 Å². The van der Waals surface area contributed by atoms with Crippen LogP contribution in [0.15, 0.2) is 18.3 Å². The Kier molecular flexibility index (Phi) is 9.24. The molecule has 2 rings (SSSR count). The lowest BCUT2D eigenvalue weighted by Gasteiger charge is -2.33. The van der Waals surface area contributed by atoms with E-state index in [1.165, 1.54) is 0 Å². The van der Waals surface area contributed by atoms with Gasteiger partial charge in [0.2, 0.25) is 11.8 Å². The fourth-order valence-corrected chi connectivity index (χ4v) is 3.25. The van der Waals surface area contributed by atoms with Crippen molar-refractivity contribution in [1.29, 1.82) is 0 Å². The number of aromatic nitrogens is 1. The Hall–Kier alpha value is -1.31. The Balaban J connectivity index is 0.00000312. The van der Waals surface area contributed by atoms with Gasteiger partial charge in [0.25, 0.3) is 0 Å². The molecule has 1 aromatic rings. The molecule has 0 radical (unpaired) electrons. The van der Waals surface area contributed by atoms with E-state index in [1.54, 1.807) is 28.9 Å². The minimum atomic E-state index is -0.474. The van der Waals surface area contributed by atoms with Crippen molar-refractivity contribution in [3.8, 4) is 0 Å². The highest BCUT2D eigenvalue weighted by atomic mass is 35.5. The molecule has 1 unspecified atom stereocenters. The van der Waals surface area contributed by atoms with Crippen LogP contribution in [0.3, 0.4) is 0 Å². The standard InChI is InChI=1S/C17H26N4O2S.ClH/c1-12-5-6-15(19-10-12)20-16(22)13-4-3-8-21(11-13)17(23)14(18)7-9-24-2;/h5-6,10,13-14H,3-4,7-9,11,18H2,1-2H3,(H,19,20,22);1H/t13?,14-;/m0./s1. The van der Waals surface area contributed by atoms with Crippen molar-refractivity contribution in [1.82, 2.24) is 9.88 Å². The largest absolute Gasteiger partial charge is 0.341 e. The van der Waals surface area contributed by atoms with Crippen molar-refractivity contribution in [3.63, 3.8) is 0 Å². The van der Waals surface area contributed by atoms with Gasteiger partial charge in [-0.3, -0.25) is 9.59 Å². The number of carbonyl (C=O) groups is 2. The SMILES string of the molecule is CSCC[C@H](N)C(=O)N1CCCC(C(=O)Nc2ccc(C)cn2)C1.Cl. The molecule has 1 saturated heterocycles. The third kappa shape index (κ3) is 6.49. The van der Waals surface area contributed by atoms with Gasteiger partial charge in [-0.05, 0) is 49.8 Å². The summed E-state index contributed by atoms with van der Waals surface area (Å²) < 4.78 is 0. The number of aryl methyl sites for hydroxylation is 1. The Morgan fingerprint density at radius 1 is 1.48 bits per heavy atom. The van der Waals surface area contributed by atoms with E-state index in [-0.39, 0.29) is 30.1 Å². The molecule has 1 fully saturated rings. The molecule has 0 aliphatic carbocycles. The quantitative estimate of drug-likeness (QED) is 0.781. The molecule has 140 valence electrons. The zero-order valence-corrected chi connectivity index (χ0v) is 16.4. The summed E-state index contributed by atoms with van der Waals surface area (Å²) in [6.45, 7) is 3.06. The van der Waals surface area contributed by atoms with Crippen LogP contribution in [0, 0.1) is 12.8 Å². The lowest BCUT2D eigenvalue weighted by Crippen LogP contribution is -2.50. The summed E-state index contributed by atoms with van der Waals surface area (Å²) >= 11 is 1.68. The highest BCUT2D eigenvalue weighted by Crippen LogP contribution is 2.19. The Bertz CT molecular complexity index is 570. The van der Waals surface area contributed by atoms with Crippen LogP contribution in [0.1, 0.15) is 24.8 Å². The van der Waals surface area contributed by atoms with Gasteiger partial charge < -0.3 is 16.0 Å². The van der Waals surface area contributed by atoms with Gasteiger partial charge in [0, 0.05) is 19.3 Å². The van der Waals surface area contributed by atoms with Crippen LogP contribution < -0.4 is 11.1 Å². The van der Waals surface area contributed by atoms with Crippen LogP contribution in [0.25, 0.3) is 0 Å². The number of anilines is 1. The average molecular weight is 387 g/mol. The fourth-order valence-electron chi connectivity index (χ4n) is 2.76. The van der Waals surface area contributed by atoms with E-state index in [1.807, 2.05) is 19.2 Å². The molecule has 1 aliphatic heterocycles. The van der Waals surface area contributed by atoms with Gasteiger partial charge >= 0.3 is 0 Å². The maximum atomic E-state index is 12.4. The molecule has 2 atom stereocenters. The van der Waals surface area contributed by atoms with Crippen LogP contribution in [0.4, 0.5) is 5.82 Å². The zero-order chi connectivity index (χ0) is 17.5. The first-order valence-corrected chi connectivity index (χ1v) is 9.67. The molecule has 6 nitrogen and oxygen atoms in total. The molecule has 0 aromatic carbocycles. The van der Waals surface area contributed by atoms with E-state index in [2.05, 4.69) is 10.3 Å². The average Bonchev–Trinajstić information content (AvgIpc) is 2.61. The summed E-state index contributed by atoms with van der Waals surface area (Å²) in [5.74, 6) is 1.07. The maximum absolute atomic E-state index is 12.4. The number of hydrogen-bond donors (Lipinski definition) is 2. The molecule has 0 saturated carbocycles. The van der Waals surface area contributed by atoms with Gasteiger partial charge in [0.1, 0.15) is 5.82 Å². The smallest absolute Gasteiger partial charge is 0.239 e. The Labute approximate surface area is 159 Å². The number of halogens is 1. The van der Waals surface area contributed by atoms with Gasteiger partial charge in [-0.15, -0.1) is 12.4 Å². The molecule has 3 N–H and O–H groups in total. The lowest BCUT2D eigenvalue weighted by molar-refractivity contribution is -0.135. The minimum Gasteiger partial charge on any atom is -0.341 e. The van der Waals surface area contributed by atoms with Crippen molar-refractivity contribution in [2.45, 2.75) is 32.2 Å². The molecule has 8 heteroatoms. The number of nitrogens with zero attached hydrogens (tertiary/aromatic N) is 2. The summed E-state index contributed by atoms with van der Waals surface area (Å²) in [4.78, 5) is 30.8. The molecular formula is C17H27ClN4O2S. The molecule has 2 amide bonds. The van der Waals surface area contributed by atoms with Crippen molar-refractivity contribution >= 4 is 41.8 Å². The highest BCUT2D eigenvalue weighted by Gasteiger charge is 2.30. The molecular weight excluding hydrogens is 360 g/mol. The number of nitrogens with one attached hydrogen (secondary N) is 1. The van der Waals surface area contributed by atoms with Crippen molar-refractivity contribution in [2.75, 3.05) is 30.4 Å². The monoisotopic (exact) mass is 386 g/mol. The number of pyridine rings is 1. The van der Waals surface area contributed by atoms with Gasteiger partial charge in [-0.1, -0.05) is 6.07 Å². The topological polar surface area (TPSA) is 88.3 Å². The van der Waals surface area contributed by atoms with Gasteiger partial charge in [-0.2, -0.15) is 11.8 Å². The van der Waals surface area contributed by atoms with Crippen molar-refractivity contribution < 1.29 is 9.59 Å². The molecule has 1 aromatic heterocycles. The number of thioether (sulfide) groups is 1. The third-order valence-corrected chi connectivity index (χ3v) is 4.86. The van der Waals surface area contributed by atoms with Crippen LogP contribution in [0.2, 0.25) is 0 Å². The number of nitrogens with two attached hydrogens (primary N) is 1. The highest BCUT2D eigenvalue weighted by molar-refractivity contribution is 7.98. The molecule has 2 heterocycles. The molecule has 0 spiro atoms. The van der Waals surface area contributed by atoms with Crippen molar-refractivity contribution in [2.24, 2.45) is 11.7 Å². The minimum absolute atomic E-state index is 0. The second-order valence-corrected chi connectivity index (χ2v) is 7.21. The van der Waals surface area contributed by atoms with Gasteiger partial charge in [0.05, 0.1) is 12.0 Å². The normalized spacial score (nSPS) is 18.2. The second-order valence-electron chi connectivity index (χ2n) is 6.22.